The zero-order valence-corrected chi connectivity index (χ0v) is 14.1. The van der Waals surface area contributed by atoms with Gasteiger partial charge in [-0.1, -0.05) is 42.5 Å². The Balaban J connectivity index is 1.37. The van der Waals surface area contributed by atoms with Crippen molar-refractivity contribution in [3.05, 3.63) is 66.4 Å². The molecule has 2 heterocycles. The van der Waals surface area contributed by atoms with Gasteiger partial charge in [0.15, 0.2) is 0 Å². The maximum Gasteiger partial charge on any atom is 0.128 e. The zero-order valence-electron chi connectivity index (χ0n) is 14.1. The summed E-state index contributed by atoms with van der Waals surface area (Å²) < 4.78 is 0. The number of piperazine rings is 1. The van der Waals surface area contributed by atoms with E-state index in [9.17, 15) is 0 Å². The minimum absolute atomic E-state index is 0.691. The smallest absolute Gasteiger partial charge is 0.128 e. The van der Waals surface area contributed by atoms with E-state index in [4.69, 9.17) is 0 Å². The number of nitrogens with zero attached hydrogens (tertiary/aromatic N) is 3. The van der Waals surface area contributed by atoms with Crippen molar-refractivity contribution in [1.82, 2.24) is 9.88 Å². The predicted octanol–water partition coefficient (Wildman–Crippen LogP) is 3.84. The number of anilines is 1. The molecule has 0 radical (unpaired) electrons. The van der Waals surface area contributed by atoms with Gasteiger partial charge in [-0.25, -0.2) is 4.98 Å². The molecule has 3 heteroatoms. The first-order chi connectivity index (χ1) is 11.9. The Hall–Kier alpha value is -2.13. The number of hydrogen-bond acceptors (Lipinski definition) is 3. The Labute approximate surface area is 144 Å². The van der Waals surface area contributed by atoms with E-state index in [1.807, 2.05) is 12.3 Å². The van der Waals surface area contributed by atoms with E-state index in [1.54, 1.807) is 0 Å². The first-order valence-electron chi connectivity index (χ1n) is 9.04. The molecular formula is C21H25N3. The molecule has 1 aliphatic heterocycles. The summed E-state index contributed by atoms with van der Waals surface area (Å²) in [6, 6.07) is 17.7. The molecule has 0 N–H and O–H groups in total. The Morgan fingerprint density at radius 1 is 0.875 bits per heavy atom. The van der Waals surface area contributed by atoms with Gasteiger partial charge in [-0.3, -0.25) is 4.90 Å². The molecule has 0 bridgehead atoms. The summed E-state index contributed by atoms with van der Waals surface area (Å²) in [5.74, 6) is 1.12. The molecule has 24 heavy (non-hydrogen) atoms. The highest BCUT2D eigenvalue weighted by molar-refractivity contribution is 5.66. The van der Waals surface area contributed by atoms with Crippen molar-refractivity contribution < 1.29 is 0 Å². The highest BCUT2D eigenvalue weighted by Gasteiger charge is 2.26. The van der Waals surface area contributed by atoms with Gasteiger partial charge < -0.3 is 4.90 Å². The van der Waals surface area contributed by atoms with Gasteiger partial charge in [0.1, 0.15) is 5.82 Å². The summed E-state index contributed by atoms with van der Waals surface area (Å²) in [4.78, 5) is 9.59. The molecule has 3 nitrogen and oxygen atoms in total. The van der Waals surface area contributed by atoms with Crippen LogP contribution in [-0.2, 0) is 0 Å². The normalized spacial score (nSPS) is 22.2. The van der Waals surface area contributed by atoms with Crippen molar-refractivity contribution in [2.75, 3.05) is 31.1 Å². The Morgan fingerprint density at radius 2 is 1.67 bits per heavy atom. The molecule has 1 fully saturated rings. The molecule has 0 saturated carbocycles. The quantitative estimate of drug-likeness (QED) is 0.857. The van der Waals surface area contributed by atoms with Crippen molar-refractivity contribution in [2.24, 2.45) is 0 Å². The molecule has 0 spiro atoms. The molecule has 1 aromatic carbocycles. The van der Waals surface area contributed by atoms with E-state index in [0.717, 1.165) is 32.0 Å². The number of allylic oxidation sites excluding steroid dienone is 1. The van der Waals surface area contributed by atoms with Gasteiger partial charge in [0.25, 0.3) is 0 Å². The number of benzene rings is 1. The van der Waals surface area contributed by atoms with Gasteiger partial charge in [-0.2, -0.15) is 0 Å². The van der Waals surface area contributed by atoms with E-state index in [0.29, 0.717) is 6.04 Å². The highest BCUT2D eigenvalue weighted by atomic mass is 15.3. The second-order valence-corrected chi connectivity index (χ2v) is 6.74. The zero-order chi connectivity index (χ0) is 16.2. The average molecular weight is 319 g/mol. The SMILES string of the molecule is C1=C(c2ccccc2)CC(N2CCN(c3ccccn3)CC2)CC1. The van der Waals surface area contributed by atoms with Gasteiger partial charge in [-0.05, 0) is 42.5 Å². The molecule has 2 aromatic rings. The standard InChI is InChI=1S/C21H25N3/c1-2-7-18(8-3-1)19-9-6-10-20(17-19)23-13-15-24(16-14-23)21-11-4-5-12-22-21/h1-5,7-9,11-12,20H,6,10,13-17H2. The van der Waals surface area contributed by atoms with Gasteiger partial charge >= 0.3 is 0 Å². The van der Waals surface area contributed by atoms with Gasteiger partial charge in [0.2, 0.25) is 0 Å². The maximum absolute atomic E-state index is 4.49. The second-order valence-electron chi connectivity index (χ2n) is 6.74. The van der Waals surface area contributed by atoms with Crippen LogP contribution in [0.5, 0.6) is 0 Å². The first kappa shape index (κ1) is 15.4. The number of pyridine rings is 1. The predicted molar refractivity (Wildman–Crippen MR) is 100 cm³/mol. The van der Waals surface area contributed by atoms with Crippen LogP contribution in [0.3, 0.4) is 0 Å². The third-order valence-corrected chi connectivity index (χ3v) is 5.29. The van der Waals surface area contributed by atoms with Crippen LogP contribution in [0, 0.1) is 0 Å². The molecular weight excluding hydrogens is 294 g/mol. The Kier molecular flexibility index (Phi) is 4.61. The summed E-state index contributed by atoms with van der Waals surface area (Å²) in [5.41, 5.74) is 2.92. The third kappa shape index (κ3) is 3.36. The molecule has 1 aliphatic carbocycles. The van der Waals surface area contributed by atoms with Crippen molar-refractivity contribution >= 4 is 11.4 Å². The number of aromatic nitrogens is 1. The highest BCUT2D eigenvalue weighted by Crippen LogP contribution is 2.30. The molecule has 4 rings (SSSR count). The molecule has 1 aromatic heterocycles. The van der Waals surface area contributed by atoms with E-state index in [1.165, 1.54) is 30.4 Å². The van der Waals surface area contributed by atoms with Crippen LogP contribution in [0.15, 0.2) is 60.8 Å². The maximum atomic E-state index is 4.49. The molecule has 124 valence electrons. The minimum atomic E-state index is 0.691. The summed E-state index contributed by atoms with van der Waals surface area (Å²) in [5, 5.41) is 0. The van der Waals surface area contributed by atoms with Gasteiger partial charge in [0.05, 0.1) is 0 Å². The van der Waals surface area contributed by atoms with Crippen molar-refractivity contribution in [2.45, 2.75) is 25.3 Å². The fourth-order valence-electron chi connectivity index (χ4n) is 3.95. The fourth-order valence-corrected chi connectivity index (χ4v) is 3.95. The van der Waals surface area contributed by atoms with Gasteiger partial charge in [-0.15, -0.1) is 0 Å². The number of hydrogen-bond donors (Lipinski definition) is 0. The second kappa shape index (κ2) is 7.18. The van der Waals surface area contributed by atoms with Crippen molar-refractivity contribution in [3.8, 4) is 0 Å². The van der Waals surface area contributed by atoms with E-state index in [2.05, 4.69) is 63.3 Å². The lowest BCUT2D eigenvalue weighted by Crippen LogP contribution is -2.51. The lowest BCUT2D eigenvalue weighted by molar-refractivity contribution is 0.176. The molecule has 1 atom stereocenters. The minimum Gasteiger partial charge on any atom is -0.354 e. The summed E-state index contributed by atoms with van der Waals surface area (Å²) in [6.45, 7) is 4.45. The topological polar surface area (TPSA) is 19.4 Å². The van der Waals surface area contributed by atoms with Crippen LogP contribution in [0.25, 0.3) is 5.57 Å². The van der Waals surface area contributed by atoms with Crippen LogP contribution in [0.2, 0.25) is 0 Å². The Morgan fingerprint density at radius 3 is 2.42 bits per heavy atom. The van der Waals surface area contributed by atoms with E-state index in [-0.39, 0.29) is 0 Å². The van der Waals surface area contributed by atoms with Crippen LogP contribution >= 0.6 is 0 Å². The molecule has 1 saturated heterocycles. The lowest BCUT2D eigenvalue weighted by atomic mass is 9.89. The number of rotatable bonds is 3. The average Bonchev–Trinajstić information content (AvgIpc) is 2.70. The van der Waals surface area contributed by atoms with Crippen LogP contribution in [0.4, 0.5) is 5.82 Å². The lowest BCUT2D eigenvalue weighted by Gasteiger charge is -2.41. The van der Waals surface area contributed by atoms with Crippen molar-refractivity contribution in [3.63, 3.8) is 0 Å². The Bertz CT molecular complexity index is 673. The van der Waals surface area contributed by atoms with Crippen molar-refractivity contribution in [1.29, 1.82) is 0 Å². The van der Waals surface area contributed by atoms with Crippen LogP contribution < -0.4 is 4.90 Å². The summed E-state index contributed by atoms with van der Waals surface area (Å²) >= 11 is 0. The van der Waals surface area contributed by atoms with Gasteiger partial charge in [0, 0.05) is 38.4 Å². The largest absolute Gasteiger partial charge is 0.354 e. The summed E-state index contributed by atoms with van der Waals surface area (Å²) in [7, 11) is 0. The molecule has 2 aliphatic rings. The van der Waals surface area contributed by atoms with Crippen LogP contribution in [0.1, 0.15) is 24.8 Å². The molecule has 0 amide bonds. The summed E-state index contributed by atoms with van der Waals surface area (Å²) in [6.07, 6.45) is 8.01. The van der Waals surface area contributed by atoms with Crippen LogP contribution in [-0.4, -0.2) is 42.1 Å². The third-order valence-electron chi connectivity index (χ3n) is 5.29. The van der Waals surface area contributed by atoms with E-state index >= 15 is 0 Å². The fraction of sp³-hybridized carbons (Fsp3) is 0.381. The first-order valence-corrected chi connectivity index (χ1v) is 9.04. The van der Waals surface area contributed by atoms with E-state index < -0.39 is 0 Å². The monoisotopic (exact) mass is 319 g/mol. The molecule has 1 unspecified atom stereocenters.